The lowest BCUT2D eigenvalue weighted by Crippen LogP contribution is -2.01. The number of hydrogen-bond acceptors (Lipinski definition) is 4. The number of hydrogen-bond donors (Lipinski definition) is 0. The molecule has 0 fully saturated rings. The van der Waals surface area contributed by atoms with Gasteiger partial charge < -0.3 is 8.98 Å². The molecule has 104 valence electrons. The van der Waals surface area contributed by atoms with Crippen LogP contribution in [0.2, 0.25) is 0 Å². The van der Waals surface area contributed by atoms with Crippen LogP contribution in [-0.2, 0) is 6.54 Å². The lowest BCUT2D eigenvalue weighted by molar-refractivity contribution is 0.528. The zero-order valence-corrected chi connectivity index (χ0v) is 12.3. The van der Waals surface area contributed by atoms with Crippen molar-refractivity contribution in [3.05, 3.63) is 59.3 Å². The molecule has 0 aliphatic heterocycles. The van der Waals surface area contributed by atoms with Crippen molar-refractivity contribution < 1.29 is 4.42 Å². The van der Waals surface area contributed by atoms with Crippen molar-refractivity contribution in [3.8, 4) is 11.6 Å². The third-order valence-electron chi connectivity index (χ3n) is 3.45. The van der Waals surface area contributed by atoms with E-state index in [0.29, 0.717) is 11.8 Å². The summed E-state index contributed by atoms with van der Waals surface area (Å²) in [6, 6.07) is 14.6. The molecule has 5 heteroatoms. The molecule has 0 saturated carbocycles. The van der Waals surface area contributed by atoms with Crippen LogP contribution in [0.25, 0.3) is 21.8 Å². The largest absolute Gasteiger partial charge is 0.420 e. The lowest BCUT2D eigenvalue weighted by atomic mass is 10.2. The molecule has 0 spiro atoms. The number of thiophene rings is 1. The second-order valence-corrected chi connectivity index (χ2v) is 5.85. The predicted octanol–water partition coefficient (Wildman–Crippen LogP) is 4.11. The number of nitrogens with zero attached hydrogens (tertiary/aromatic N) is 3. The smallest absolute Gasteiger partial charge is 0.264 e. The van der Waals surface area contributed by atoms with E-state index in [2.05, 4.69) is 56.5 Å². The first-order valence-corrected chi connectivity index (χ1v) is 7.60. The summed E-state index contributed by atoms with van der Waals surface area (Å²) < 4.78 is 9.07. The van der Waals surface area contributed by atoms with E-state index in [1.807, 2.05) is 13.0 Å². The van der Waals surface area contributed by atoms with E-state index >= 15 is 0 Å². The first kappa shape index (κ1) is 12.3. The molecule has 21 heavy (non-hydrogen) atoms. The van der Waals surface area contributed by atoms with Crippen molar-refractivity contribution in [2.45, 2.75) is 13.5 Å². The molecule has 4 aromatic rings. The number of fused-ring (bicyclic) bond motifs is 1. The fourth-order valence-electron chi connectivity index (χ4n) is 2.49. The normalized spacial score (nSPS) is 11.3. The van der Waals surface area contributed by atoms with Crippen LogP contribution in [0.5, 0.6) is 0 Å². The van der Waals surface area contributed by atoms with E-state index in [9.17, 15) is 0 Å². The van der Waals surface area contributed by atoms with E-state index in [-0.39, 0.29) is 0 Å². The van der Waals surface area contributed by atoms with Gasteiger partial charge in [-0.1, -0.05) is 30.3 Å². The topological polar surface area (TPSA) is 43.9 Å². The molecule has 0 amide bonds. The summed E-state index contributed by atoms with van der Waals surface area (Å²) in [4.78, 5) is 0. The van der Waals surface area contributed by atoms with Crippen LogP contribution in [-0.4, -0.2) is 14.8 Å². The predicted molar refractivity (Wildman–Crippen MR) is 83.4 cm³/mol. The summed E-state index contributed by atoms with van der Waals surface area (Å²) in [6.07, 6.45) is 0. The second-order valence-electron chi connectivity index (χ2n) is 4.90. The first-order chi connectivity index (χ1) is 10.3. The van der Waals surface area contributed by atoms with E-state index in [1.54, 1.807) is 11.3 Å². The summed E-state index contributed by atoms with van der Waals surface area (Å²) in [5, 5.41) is 10.2. The van der Waals surface area contributed by atoms with Crippen molar-refractivity contribution in [2.75, 3.05) is 0 Å². The Bertz CT molecular complexity index is 889. The van der Waals surface area contributed by atoms with Gasteiger partial charge in [-0.25, -0.2) is 0 Å². The maximum absolute atomic E-state index is 5.61. The third kappa shape index (κ3) is 2.15. The van der Waals surface area contributed by atoms with E-state index in [4.69, 9.17) is 4.42 Å². The molecule has 0 saturated heterocycles. The molecule has 1 aromatic carbocycles. The summed E-state index contributed by atoms with van der Waals surface area (Å²) in [7, 11) is 0. The van der Waals surface area contributed by atoms with Crippen molar-refractivity contribution >= 4 is 21.6 Å². The molecule has 0 aliphatic carbocycles. The molecule has 0 N–H and O–H groups in total. The first-order valence-electron chi connectivity index (χ1n) is 6.72. The molecular formula is C16H13N3OS. The van der Waals surface area contributed by atoms with Gasteiger partial charge in [0.2, 0.25) is 5.89 Å². The Morgan fingerprint density at radius 3 is 2.76 bits per heavy atom. The molecule has 0 bridgehead atoms. The quantitative estimate of drug-likeness (QED) is 0.571. The van der Waals surface area contributed by atoms with Crippen molar-refractivity contribution in [1.82, 2.24) is 14.8 Å². The number of rotatable bonds is 3. The third-order valence-corrected chi connectivity index (χ3v) is 4.30. The Kier molecular flexibility index (Phi) is 2.86. The fourth-order valence-corrected chi connectivity index (χ4v) is 3.31. The monoisotopic (exact) mass is 295 g/mol. The summed E-state index contributed by atoms with van der Waals surface area (Å²) in [5.41, 5.74) is 3.43. The SMILES string of the molecule is Cc1nnc(-c2cc3sccc3n2Cc2ccccc2)o1. The van der Waals surface area contributed by atoms with Gasteiger partial charge in [-0.2, -0.15) is 0 Å². The molecule has 0 aliphatic rings. The van der Waals surface area contributed by atoms with Crippen LogP contribution in [0.15, 0.2) is 52.3 Å². The van der Waals surface area contributed by atoms with Gasteiger partial charge in [0.05, 0.1) is 10.2 Å². The molecule has 4 rings (SSSR count). The van der Waals surface area contributed by atoms with Gasteiger partial charge in [-0.15, -0.1) is 21.5 Å². The van der Waals surface area contributed by atoms with Gasteiger partial charge in [0, 0.05) is 13.5 Å². The van der Waals surface area contributed by atoms with Gasteiger partial charge in [-0.3, -0.25) is 0 Å². The van der Waals surface area contributed by atoms with Gasteiger partial charge in [0.15, 0.2) is 0 Å². The summed E-state index contributed by atoms with van der Waals surface area (Å²) in [5.74, 6) is 1.16. The van der Waals surface area contributed by atoms with Crippen molar-refractivity contribution in [1.29, 1.82) is 0 Å². The van der Waals surface area contributed by atoms with Gasteiger partial charge in [-0.05, 0) is 23.1 Å². The summed E-state index contributed by atoms with van der Waals surface area (Å²) in [6.45, 7) is 2.60. The Morgan fingerprint density at radius 1 is 1.14 bits per heavy atom. The molecule has 3 aromatic heterocycles. The minimum atomic E-state index is 0.576. The highest BCUT2D eigenvalue weighted by molar-refractivity contribution is 7.17. The van der Waals surface area contributed by atoms with Crippen LogP contribution in [0.4, 0.5) is 0 Å². The molecule has 0 unspecified atom stereocenters. The van der Waals surface area contributed by atoms with E-state index < -0.39 is 0 Å². The molecule has 0 radical (unpaired) electrons. The van der Waals surface area contributed by atoms with Gasteiger partial charge in [0.25, 0.3) is 5.89 Å². The van der Waals surface area contributed by atoms with Crippen molar-refractivity contribution in [3.63, 3.8) is 0 Å². The summed E-state index contributed by atoms with van der Waals surface area (Å²) >= 11 is 1.72. The van der Waals surface area contributed by atoms with Crippen LogP contribution in [0.3, 0.4) is 0 Å². The highest BCUT2D eigenvalue weighted by Gasteiger charge is 2.16. The van der Waals surface area contributed by atoms with Crippen LogP contribution in [0.1, 0.15) is 11.5 Å². The maximum Gasteiger partial charge on any atom is 0.264 e. The Balaban J connectivity index is 1.87. The zero-order valence-electron chi connectivity index (χ0n) is 11.5. The minimum Gasteiger partial charge on any atom is -0.420 e. The van der Waals surface area contributed by atoms with E-state index in [0.717, 1.165) is 12.2 Å². The van der Waals surface area contributed by atoms with Gasteiger partial charge in [0.1, 0.15) is 5.69 Å². The lowest BCUT2D eigenvalue weighted by Gasteiger charge is -2.08. The zero-order chi connectivity index (χ0) is 14.2. The van der Waals surface area contributed by atoms with Crippen LogP contribution >= 0.6 is 11.3 Å². The average Bonchev–Trinajstić information content (AvgIpc) is 3.17. The Hall–Kier alpha value is -2.40. The average molecular weight is 295 g/mol. The molecular weight excluding hydrogens is 282 g/mol. The highest BCUT2D eigenvalue weighted by Crippen LogP contribution is 2.31. The van der Waals surface area contributed by atoms with Crippen LogP contribution in [0, 0.1) is 6.92 Å². The molecule has 0 atom stereocenters. The van der Waals surface area contributed by atoms with Crippen molar-refractivity contribution in [2.24, 2.45) is 0 Å². The number of aromatic nitrogens is 3. The van der Waals surface area contributed by atoms with E-state index in [1.165, 1.54) is 15.8 Å². The standard InChI is InChI=1S/C16H13N3OS/c1-11-17-18-16(20-11)14-9-15-13(7-8-21-15)19(14)10-12-5-3-2-4-6-12/h2-9H,10H2,1H3. The Labute approximate surface area is 125 Å². The fraction of sp³-hybridized carbons (Fsp3) is 0.125. The molecule has 3 heterocycles. The number of benzene rings is 1. The van der Waals surface area contributed by atoms with Crippen LogP contribution < -0.4 is 0 Å². The second kappa shape index (κ2) is 4.86. The highest BCUT2D eigenvalue weighted by atomic mass is 32.1. The molecule has 4 nitrogen and oxygen atoms in total. The maximum atomic E-state index is 5.61. The van der Waals surface area contributed by atoms with Gasteiger partial charge >= 0.3 is 0 Å². The number of aryl methyl sites for hydroxylation is 1. The minimum absolute atomic E-state index is 0.576. The Morgan fingerprint density at radius 2 is 2.00 bits per heavy atom.